The molecule has 1 fully saturated rings. The molecule has 1 saturated heterocycles. The molecule has 0 radical (unpaired) electrons. The van der Waals surface area contributed by atoms with Crippen LogP contribution in [0.25, 0.3) is 10.9 Å². The first-order valence-electron chi connectivity index (χ1n) is 11.4. The number of para-hydroxylation sites is 1. The van der Waals surface area contributed by atoms with Crippen molar-refractivity contribution in [3.05, 3.63) is 78.1 Å². The van der Waals surface area contributed by atoms with Crippen molar-refractivity contribution >= 4 is 40.0 Å². The Morgan fingerprint density at radius 3 is 2.47 bits per heavy atom. The zero-order valence-electron chi connectivity index (χ0n) is 19.3. The number of fused-ring (bicyclic) bond motifs is 1. The van der Waals surface area contributed by atoms with Crippen LogP contribution in [0.1, 0.15) is 16.1 Å². The van der Waals surface area contributed by atoms with E-state index in [1.807, 2.05) is 49.4 Å². The van der Waals surface area contributed by atoms with E-state index in [1.165, 1.54) is 5.69 Å². The molecule has 1 amide bonds. The lowest BCUT2D eigenvalue weighted by Crippen LogP contribution is -2.44. The third-order valence-electron chi connectivity index (χ3n) is 6.03. The number of hydrogen-bond acceptors (Lipinski definition) is 7. The number of rotatable bonds is 5. The molecule has 2 aromatic heterocycles. The van der Waals surface area contributed by atoms with Crippen molar-refractivity contribution in [2.24, 2.45) is 0 Å². The minimum Gasteiger partial charge on any atom is -0.369 e. The van der Waals surface area contributed by atoms with Crippen molar-refractivity contribution < 1.29 is 4.79 Å². The number of anilines is 4. The summed E-state index contributed by atoms with van der Waals surface area (Å²) in [6.07, 6.45) is 1.69. The molecule has 1 aliphatic heterocycles. The number of carbonyl (C=O) groups excluding carboxylic acids is 1. The van der Waals surface area contributed by atoms with E-state index in [2.05, 4.69) is 54.6 Å². The van der Waals surface area contributed by atoms with Crippen molar-refractivity contribution in [3.63, 3.8) is 0 Å². The van der Waals surface area contributed by atoms with Crippen LogP contribution in [-0.2, 0) is 0 Å². The minimum atomic E-state index is -0.310. The van der Waals surface area contributed by atoms with E-state index >= 15 is 0 Å². The van der Waals surface area contributed by atoms with Crippen LogP contribution in [0.3, 0.4) is 0 Å². The predicted molar refractivity (Wildman–Crippen MR) is 136 cm³/mol. The number of benzene rings is 2. The number of aryl methyl sites for hydroxylation is 1. The summed E-state index contributed by atoms with van der Waals surface area (Å²) < 4.78 is 0. The average molecular weight is 454 g/mol. The number of piperazine rings is 1. The highest BCUT2D eigenvalue weighted by Crippen LogP contribution is 2.22. The molecule has 2 N–H and O–H groups in total. The van der Waals surface area contributed by atoms with Gasteiger partial charge >= 0.3 is 0 Å². The highest BCUT2D eigenvalue weighted by molar-refractivity contribution is 6.04. The minimum absolute atomic E-state index is 0.310. The second-order valence-electron chi connectivity index (χ2n) is 8.53. The van der Waals surface area contributed by atoms with Crippen LogP contribution < -0.4 is 15.5 Å². The first-order chi connectivity index (χ1) is 16.5. The Hall–Kier alpha value is -4.04. The Morgan fingerprint density at radius 2 is 1.68 bits per heavy atom. The maximum atomic E-state index is 12.8. The number of nitrogens with one attached hydrogen (secondary N) is 2. The topological polar surface area (TPSA) is 86.3 Å². The Balaban J connectivity index is 1.28. The van der Waals surface area contributed by atoms with Crippen LogP contribution in [0.2, 0.25) is 0 Å². The second-order valence-corrected chi connectivity index (χ2v) is 8.53. The molecule has 5 rings (SSSR count). The maximum absolute atomic E-state index is 12.8. The normalized spacial score (nSPS) is 14.2. The number of aromatic nitrogens is 3. The van der Waals surface area contributed by atoms with Gasteiger partial charge in [0.05, 0.1) is 5.52 Å². The van der Waals surface area contributed by atoms with Gasteiger partial charge < -0.3 is 20.4 Å². The molecule has 1 aliphatic rings. The van der Waals surface area contributed by atoms with Crippen molar-refractivity contribution in [1.29, 1.82) is 0 Å². The Labute approximate surface area is 198 Å². The van der Waals surface area contributed by atoms with Crippen LogP contribution in [0.4, 0.5) is 23.1 Å². The number of pyridine rings is 1. The van der Waals surface area contributed by atoms with Gasteiger partial charge in [0.1, 0.15) is 11.5 Å². The highest BCUT2D eigenvalue weighted by atomic mass is 16.1. The van der Waals surface area contributed by atoms with Gasteiger partial charge in [-0.15, -0.1) is 0 Å². The third kappa shape index (κ3) is 4.82. The fourth-order valence-corrected chi connectivity index (χ4v) is 3.94. The molecule has 0 saturated carbocycles. The van der Waals surface area contributed by atoms with Crippen LogP contribution in [0.15, 0.2) is 66.9 Å². The van der Waals surface area contributed by atoms with Gasteiger partial charge in [-0.05, 0) is 50.4 Å². The number of hydrogen-bond donors (Lipinski definition) is 2. The zero-order valence-corrected chi connectivity index (χ0v) is 19.3. The Bertz CT molecular complexity index is 1310. The van der Waals surface area contributed by atoms with Crippen molar-refractivity contribution in [3.8, 4) is 0 Å². The summed E-state index contributed by atoms with van der Waals surface area (Å²) in [6, 6.07) is 19.6. The molecule has 0 bridgehead atoms. The lowest BCUT2D eigenvalue weighted by atomic mass is 10.2. The molecular weight excluding hydrogens is 426 g/mol. The van der Waals surface area contributed by atoms with E-state index in [0.717, 1.165) is 48.3 Å². The monoisotopic (exact) mass is 453 g/mol. The van der Waals surface area contributed by atoms with Crippen LogP contribution in [0.5, 0.6) is 0 Å². The molecule has 4 aromatic rings. The number of carbonyl (C=O) groups is 1. The van der Waals surface area contributed by atoms with Crippen LogP contribution >= 0.6 is 0 Å². The van der Waals surface area contributed by atoms with Crippen LogP contribution in [-0.4, -0.2) is 59.0 Å². The molecule has 8 nitrogen and oxygen atoms in total. The molecule has 0 unspecified atom stereocenters. The second kappa shape index (κ2) is 9.44. The van der Waals surface area contributed by atoms with Gasteiger partial charge in [-0.3, -0.25) is 4.79 Å². The molecule has 8 heteroatoms. The maximum Gasteiger partial charge on any atom is 0.275 e. The molecule has 172 valence electrons. The molecule has 0 atom stereocenters. The molecule has 0 aliphatic carbocycles. The number of likely N-dealkylation sites (N-methyl/N-ethyl adjacent to an activating group) is 1. The van der Waals surface area contributed by atoms with Crippen molar-refractivity contribution in [2.75, 3.05) is 48.8 Å². The fourth-order valence-electron chi connectivity index (χ4n) is 3.94. The molecule has 34 heavy (non-hydrogen) atoms. The van der Waals surface area contributed by atoms with Gasteiger partial charge in [0.2, 0.25) is 5.95 Å². The summed E-state index contributed by atoms with van der Waals surface area (Å²) >= 11 is 0. The summed E-state index contributed by atoms with van der Waals surface area (Å²) in [5.74, 6) is 0.557. The number of amides is 1. The van der Waals surface area contributed by atoms with E-state index in [4.69, 9.17) is 0 Å². The summed E-state index contributed by atoms with van der Waals surface area (Å²) in [4.78, 5) is 30.9. The standard InChI is InChI=1S/C26H27N7O/c1-18-17-27-26(28-20-8-10-21(11-9-20)33-15-13-32(2)14-16-33)31-24(18)30-25(34)23-12-7-19-5-3-4-6-22(19)29-23/h3-12,17H,13-16H2,1-2H3,(H2,27,28,30,31,34). The third-order valence-corrected chi connectivity index (χ3v) is 6.03. The fraction of sp³-hybridized carbons (Fsp3) is 0.231. The first-order valence-corrected chi connectivity index (χ1v) is 11.4. The quantitative estimate of drug-likeness (QED) is 0.471. The molecular formula is C26H27N7O. The predicted octanol–water partition coefficient (Wildman–Crippen LogP) is 4.08. The summed E-state index contributed by atoms with van der Waals surface area (Å²) in [5.41, 5.74) is 3.97. The lowest BCUT2D eigenvalue weighted by molar-refractivity contribution is 0.102. The van der Waals surface area contributed by atoms with Gasteiger partial charge in [0.15, 0.2) is 0 Å². The summed E-state index contributed by atoms with van der Waals surface area (Å²) in [5, 5.41) is 7.09. The average Bonchev–Trinajstić information content (AvgIpc) is 2.87. The van der Waals surface area contributed by atoms with Crippen molar-refractivity contribution in [2.45, 2.75) is 6.92 Å². The smallest absolute Gasteiger partial charge is 0.275 e. The van der Waals surface area contributed by atoms with Gasteiger partial charge in [0.25, 0.3) is 5.91 Å². The van der Waals surface area contributed by atoms with E-state index < -0.39 is 0 Å². The van der Waals surface area contributed by atoms with E-state index in [-0.39, 0.29) is 5.91 Å². The first kappa shape index (κ1) is 21.8. The number of nitrogens with zero attached hydrogens (tertiary/aromatic N) is 5. The SMILES string of the molecule is Cc1cnc(Nc2ccc(N3CCN(C)CC3)cc2)nc1NC(=O)c1ccc2ccccc2n1. The van der Waals surface area contributed by atoms with E-state index in [1.54, 1.807) is 12.3 Å². The molecule has 2 aromatic carbocycles. The van der Waals surface area contributed by atoms with Gasteiger partial charge in [-0.2, -0.15) is 4.98 Å². The van der Waals surface area contributed by atoms with E-state index in [9.17, 15) is 4.79 Å². The Kier molecular flexibility index (Phi) is 6.05. The molecule has 0 spiro atoms. The lowest BCUT2D eigenvalue weighted by Gasteiger charge is -2.34. The summed E-state index contributed by atoms with van der Waals surface area (Å²) in [7, 11) is 2.15. The highest BCUT2D eigenvalue weighted by Gasteiger charge is 2.15. The molecule has 3 heterocycles. The largest absolute Gasteiger partial charge is 0.369 e. The Morgan fingerprint density at radius 1 is 0.912 bits per heavy atom. The van der Waals surface area contributed by atoms with Gasteiger partial charge in [0, 0.05) is 54.7 Å². The van der Waals surface area contributed by atoms with Crippen LogP contribution in [0, 0.1) is 6.92 Å². The van der Waals surface area contributed by atoms with Gasteiger partial charge in [-0.1, -0.05) is 24.3 Å². The summed E-state index contributed by atoms with van der Waals surface area (Å²) in [6.45, 7) is 6.05. The van der Waals surface area contributed by atoms with Gasteiger partial charge in [-0.25, -0.2) is 9.97 Å². The van der Waals surface area contributed by atoms with E-state index in [0.29, 0.717) is 17.5 Å². The zero-order chi connectivity index (χ0) is 23.5. The van der Waals surface area contributed by atoms with Crippen molar-refractivity contribution in [1.82, 2.24) is 19.9 Å².